The van der Waals surface area contributed by atoms with E-state index in [-0.39, 0.29) is 12.1 Å². The lowest BCUT2D eigenvalue weighted by molar-refractivity contribution is -0.392. The van der Waals surface area contributed by atoms with Crippen molar-refractivity contribution in [3.63, 3.8) is 0 Å². The molecule has 1 aromatic carbocycles. The Kier molecular flexibility index (Phi) is 4.30. The Bertz CT molecular complexity index is 580. The van der Waals surface area contributed by atoms with E-state index in [1.54, 1.807) is 0 Å². The molecule has 0 bridgehead atoms. The average Bonchev–Trinajstić information content (AvgIpc) is 2.33. The number of carbonyl (C=O) groups is 1. The Labute approximate surface area is 113 Å². The highest BCUT2D eigenvalue weighted by atomic mass is 19.4. The van der Waals surface area contributed by atoms with E-state index in [1.165, 1.54) is 0 Å². The molecule has 0 amide bonds. The van der Waals surface area contributed by atoms with Crippen molar-refractivity contribution in [1.29, 1.82) is 0 Å². The number of anilines is 1. The van der Waals surface area contributed by atoms with E-state index in [0.29, 0.717) is 0 Å². The number of nitro benzene ring substituents is 2. The summed E-state index contributed by atoms with van der Waals surface area (Å²) >= 11 is 0. The van der Waals surface area contributed by atoms with Gasteiger partial charge < -0.3 is 10.4 Å². The maximum absolute atomic E-state index is 12.6. The molecule has 114 valence electrons. The zero-order valence-electron chi connectivity index (χ0n) is 9.88. The molecule has 0 aromatic heterocycles. The summed E-state index contributed by atoms with van der Waals surface area (Å²) in [7, 11) is 0. The summed E-state index contributed by atoms with van der Waals surface area (Å²) in [6.07, 6.45) is -5.03. The van der Waals surface area contributed by atoms with Crippen LogP contribution >= 0.6 is 0 Å². The third-order valence-electron chi connectivity index (χ3n) is 2.23. The van der Waals surface area contributed by atoms with E-state index >= 15 is 0 Å². The first kappa shape index (κ1) is 16.1. The molecular weight excluding hydrogens is 303 g/mol. The fourth-order valence-electron chi connectivity index (χ4n) is 1.41. The number of hydrogen-bond donors (Lipinski definition) is 2. The Balaban J connectivity index is 3.55. The lowest BCUT2D eigenvalue weighted by atomic mass is 10.1. The van der Waals surface area contributed by atoms with Crippen LogP contribution in [0.3, 0.4) is 0 Å². The number of hydrogen-bond acceptors (Lipinski definition) is 6. The molecule has 0 atom stereocenters. The van der Waals surface area contributed by atoms with E-state index < -0.39 is 51.2 Å². The Hall–Kier alpha value is -2.92. The summed E-state index contributed by atoms with van der Waals surface area (Å²) in [4.78, 5) is 29.3. The Morgan fingerprint density at radius 1 is 1.19 bits per heavy atom. The molecule has 0 aliphatic carbocycles. The monoisotopic (exact) mass is 309 g/mol. The summed E-state index contributed by atoms with van der Waals surface area (Å²) in [5, 5.41) is 31.8. The zero-order valence-corrected chi connectivity index (χ0v) is 9.88. The van der Waals surface area contributed by atoms with Crippen LogP contribution in [-0.4, -0.2) is 27.5 Å². The Morgan fingerprint density at radius 3 is 1.90 bits per heavy atom. The molecular formula is C9H6F3N3O6. The summed E-state index contributed by atoms with van der Waals surface area (Å²) in [6, 6.07) is 0.189. The van der Waals surface area contributed by atoms with E-state index in [0.717, 1.165) is 0 Å². The number of benzene rings is 1. The highest BCUT2D eigenvalue weighted by Gasteiger charge is 2.37. The number of rotatable bonds is 5. The number of aliphatic carboxylic acids is 1. The SMILES string of the molecule is O=C(O)CNc1c([N+](=O)[O-])cc(C(F)(F)F)cc1[N+](=O)[O-]. The van der Waals surface area contributed by atoms with Gasteiger partial charge in [-0.25, -0.2) is 0 Å². The van der Waals surface area contributed by atoms with E-state index in [4.69, 9.17) is 5.11 Å². The first-order chi connectivity index (χ1) is 9.54. The summed E-state index contributed by atoms with van der Waals surface area (Å²) in [5.41, 5.74) is -4.96. The van der Waals surface area contributed by atoms with Gasteiger partial charge in [0.1, 0.15) is 6.54 Å². The van der Waals surface area contributed by atoms with Crippen molar-refractivity contribution in [2.24, 2.45) is 0 Å². The van der Waals surface area contributed by atoms with Crippen LogP contribution in [0.4, 0.5) is 30.2 Å². The van der Waals surface area contributed by atoms with Crippen LogP contribution in [0, 0.1) is 20.2 Å². The van der Waals surface area contributed by atoms with Gasteiger partial charge >= 0.3 is 12.1 Å². The third kappa shape index (κ3) is 3.77. The Morgan fingerprint density at radius 2 is 1.62 bits per heavy atom. The highest BCUT2D eigenvalue weighted by molar-refractivity contribution is 5.80. The fourth-order valence-corrected chi connectivity index (χ4v) is 1.41. The van der Waals surface area contributed by atoms with Gasteiger partial charge in [-0.05, 0) is 0 Å². The predicted molar refractivity (Wildman–Crippen MR) is 60.9 cm³/mol. The number of carboxylic acid groups (broad SMARTS) is 1. The minimum Gasteiger partial charge on any atom is -0.480 e. The number of carboxylic acids is 1. The first-order valence-corrected chi connectivity index (χ1v) is 5.03. The van der Waals surface area contributed by atoms with Gasteiger partial charge in [0.05, 0.1) is 15.4 Å². The standard InChI is InChI=1S/C9H6F3N3O6/c10-9(11,12)4-1-5(14(18)19)8(13-3-7(16)17)6(2-4)15(20)21/h1-2,13H,3H2,(H,16,17). The number of nitro groups is 2. The molecule has 0 aliphatic heterocycles. The van der Waals surface area contributed by atoms with Crippen LogP contribution in [0.15, 0.2) is 12.1 Å². The van der Waals surface area contributed by atoms with Crippen LogP contribution in [-0.2, 0) is 11.0 Å². The van der Waals surface area contributed by atoms with Crippen molar-refractivity contribution in [3.8, 4) is 0 Å². The van der Waals surface area contributed by atoms with Gasteiger partial charge in [-0.15, -0.1) is 0 Å². The van der Waals surface area contributed by atoms with Gasteiger partial charge in [0.2, 0.25) is 0 Å². The van der Waals surface area contributed by atoms with Gasteiger partial charge in [0, 0.05) is 12.1 Å². The molecule has 0 aliphatic rings. The molecule has 1 aromatic rings. The van der Waals surface area contributed by atoms with E-state index in [1.807, 2.05) is 5.32 Å². The quantitative estimate of drug-likeness (QED) is 0.627. The number of alkyl halides is 3. The third-order valence-corrected chi connectivity index (χ3v) is 2.23. The molecule has 0 saturated heterocycles. The number of halogens is 3. The molecule has 0 saturated carbocycles. The van der Waals surface area contributed by atoms with Crippen LogP contribution in [0.2, 0.25) is 0 Å². The summed E-state index contributed by atoms with van der Waals surface area (Å²) in [5.74, 6) is -1.50. The van der Waals surface area contributed by atoms with Crippen molar-refractivity contribution < 1.29 is 32.9 Å². The van der Waals surface area contributed by atoms with Gasteiger partial charge in [-0.3, -0.25) is 25.0 Å². The van der Waals surface area contributed by atoms with Crippen molar-refractivity contribution in [3.05, 3.63) is 37.9 Å². The van der Waals surface area contributed by atoms with Crippen molar-refractivity contribution in [1.82, 2.24) is 0 Å². The molecule has 12 heteroatoms. The van der Waals surface area contributed by atoms with Gasteiger partial charge in [0.25, 0.3) is 11.4 Å². The largest absolute Gasteiger partial charge is 0.480 e. The molecule has 2 N–H and O–H groups in total. The van der Waals surface area contributed by atoms with Crippen molar-refractivity contribution >= 4 is 23.0 Å². The molecule has 0 unspecified atom stereocenters. The second kappa shape index (κ2) is 5.60. The highest BCUT2D eigenvalue weighted by Crippen LogP contribution is 2.40. The number of nitrogens with zero attached hydrogens (tertiary/aromatic N) is 2. The van der Waals surface area contributed by atoms with Crippen LogP contribution in [0.25, 0.3) is 0 Å². The van der Waals surface area contributed by atoms with Crippen molar-refractivity contribution in [2.75, 3.05) is 11.9 Å². The maximum atomic E-state index is 12.6. The average molecular weight is 309 g/mol. The second-order valence-corrected chi connectivity index (χ2v) is 3.65. The van der Waals surface area contributed by atoms with Crippen molar-refractivity contribution in [2.45, 2.75) is 6.18 Å². The summed E-state index contributed by atoms with van der Waals surface area (Å²) in [6.45, 7) is -0.937. The predicted octanol–water partition coefficient (Wildman–Crippen LogP) is 2.02. The molecule has 0 radical (unpaired) electrons. The normalized spacial score (nSPS) is 11.0. The van der Waals surface area contributed by atoms with Gasteiger partial charge in [-0.1, -0.05) is 0 Å². The van der Waals surface area contributed by atoms with Crippen LogP contribution < -0.4 is 5.32 Å². The maximum Gasteiger partial charge on any atom is 0.416 e. The van der Waals surface area contributed by atoms with Crippen LogP contribution in [0.5, 0.6) is 0 Å². The molecule has 0 heterocycles. The smallest absolute Gasteiger partial charge is 0.416 e. The second-order valence-electron chi connectivity index (χ2n) is 3.65. The van der Waals surface area contributed by atoms with Gasteiger partial charge in [-0.2, -0.15) is 13.2 Å². The number of nitrogens with one attached hydrogen (secondary N) is 1. The van der Waals surface area contributed by atoms with Gasteiger partial charge in [0.15, 0.2) is 5.69 Å². The lowest BCUT2D eigenvalue weighted by Crippen LogP contribution is -2.16. The minimum atomic E-state index is -5.03. The minimum absolute atomic E-state index is 0.0944. The molecule has 1 rings (SSSR count). The molecule has 9 nitrogen and oxygen atoms in total. The molecule has 21 heavy (non-hydrogen) atoms. The van der Waals surface area contributed by atoms with E-state index in [2.05, 4.69) is 0 Å². The molecule has 0 fully saturated rings. The lowest BCUT2D eigenvalue weighted by Gasteiger charge is -2.10. The summed E-state index contributed by atoms with van der Waals surface area (Å²) < 4.78 is 37.7. The molecule has 0 spiro atoms. The fraction of sp³-hybridized carbons (Fsp3) is 0.222. The topological polar surface area (TPSA) is 136 Å². The van der Waals surface area contributed by atoms with E-state index in [9.17, 15) is 38.2 Å². The first-order valence-electron chi connectivity index (χ1n) is 5.03. The zero-order chi connectivity index (χ0) is 16.4. The van der Waals surface area contributed by atoms with Crippen LogP contribution in [0.1, 0.15) is 5.56 Å².